The standard InChI is InChI=1S/C11H15ClN4/c1-7-5-8(13-2)6-9(12)10(7)16-11-14-3-4-15-11/h5-6,13H,3-4H2,1-2H3,(H2,14,15,16). The highest BCUT2D eigenvalue weighted by Gasteiger charge is 2.10. The molecule has 3 N–H and O–H groups in total. The molecule has 0 saturated carbocycles. The van der Waals surface area contributed by atoms with Gasteiger partial charge in [-0.25, -0.2) is 0 Å². The normalized spacial score (nSPS) is 14.3. The Morgan fingerprint density at radius 3 is 2.81 bits per heavy atom. The Kier molecular flexibility index (Phi) is 3.19. The molecule has 0 unspecified atom stereocenters. The Balaban J connectivity index is 2.26. The summed E-state index contributed by atoms with van der Waals surface area (Å²) >= 11 is 6.21. The van der Waals surface area contributed by atoms with Gasteiger partial charge in [0.05, 0.1) is 17.3 Å². The van der Waals surface area contributed by atoms with Crippen LogP contribution in [0.15, 0.2) is 17.1 Å². The van der Waals surface area contributed by atoms with Gasteiger partial charge in [-0.1, -0.05) is 11.6 Å². The molecule has 1 aliphatic heterocycles. The van der Waals surface area contributed by atoms with Gasteiger partial charge >= 0.3 is 0 Å². The van der Waals surface area contributed by atoms with E-state index in [1.54, 1.807) is 0 Å². The van der Waals surface area contributed by atoms with E-state index >= 15 is 0 Å². The number of halogens is 1. The zero-order valence-electron chi connectivity index (χ0n) is 9.39. The predicted octanol–water partition coefficient (Wildman–Crippen LogP) is 2.06. The number of nitrogens with one attached hydrogen (secondary N) is 3. The minimum Gasteiger partial charge on any atom is -0.388 e. The minimum atomic E-state index is 0.695. The van der Waals surface area contributed by atoms with Gasteiger partial charge in [0, 0.05) is 19.3 Å². The Hall–Kier alpha value is -1.42. The number of guanidine groups is 1. The Labute approximate surface area is 100 Å². The molecule has 0 aliphatic carbocycles. The Morgan fingerprint density at radius 1 is 1.44 bits per heavy atom. The third-order valence-electron chi connectivity index (χ3n) is 2.49. The smallest absolute Gasteiger partial charge is 0.195 e. The molecule has 4 nitrogen and oxygen atoms in total. The molecule has 16 heavy (non-hydrogen) atoms. The van der Waals surface area contributed by atoms with Gasteiger partial charge in [-0.3, -0.25) is 4.99 Å². The van der Waals surface area contributed by atoms with Crippen LogP contribution in [0.5, 0.6) is 0 Å². The second-order valence-electron chi connectivity index (χ2n) is 3.68. The first-order chi connectivity index (χ1) is 7.70. The third kappa shape index (κ3) is 2.22. The molecule has 1 aromatic rings. The number of rotatable bonds is 2. The van der Waals surface area contributed by atoms with Crippen LogP contribution in [0.25, 0.3) is 0 Å². The first kappa shape index (κ1) is 11.1. The monoisotopic (exact) mass is 238 g/mol. The van der Waals surface area contributed by atoms with E-state index in [2.05, 4.69) is 20.9 Å². The number of benzene rings is 1. The lowest BCUT2D eigenvalue weighted by molar-refractivity contribution is 0.959. The first-order valence-electron chi connectivity index (χ1n) is 5.24. The van der Waals surface area contributed by atoms with Gasteiger partial charge in [0.2, 0.25) is 0 Å². The van der Waals surface area contributed by atoms with Crippen molar-refractivity contribution in [2.75, 3.05) is 30.8 Å². The average molecular weight is 239 g/mol. The lowest BCUT2D eigenvalue weighted by Gasteiger charge is -2.13. The number of aliphatic imine (C=N–C) groups is 1. The molecule has 0 bridgehead atoms. The molecule has 0 saturated heterocycles. The summed E-state index contributed by atoms with van der Waals surface area (Å²) < 4.78 is 0. The highest BCUT2D eigenvalue weighted by Crippen LogP contribution is 2.29. The summed E-state index contributed by atoms with van der Waals surface area (Å²) in [5.41, 5.74) is 3.01. The summed E-state index contributed by atoms with van der Waals surface area (Å²) in [4.78, 5) is 4.28. The Morgan fingerprint density at radius 2 is 2.25 bits per heavy atom. The number of anilines is 2. The van der Waals surface area contributed by atoms with E-state index in [4.69, 9.17) is 11.6 Å². The zero-order valence-corrected chi connectivity index (χ0v) is 10.2. The van der Waals surface area contributed by atoms with Crippen LogP contribution in [-0.4, -0.2) is 26.1 Å². The van der Waals surface area contributed by atoms with Crippen LogP contribution < -0.4 is 16.0 Å². The lowest BCUT2D eigenvalue weighted by atomic mass is 10.1. The van der Waals surface area contributed by atoms with Crippen LogP contribution in [0, 0.1) is 6.92 Å². The highest BCUT2D eigenvalue weighted by atomic mass is 35.5. The molecule has 1 heterocycles. The van der Waals surface area contributed by atoms with Crippen LogP contribution in [0.3, 0.4) is 0 Å². The minimum absolute atomic E-state index is 0.695. The van der Waals surface area contributed by atoms with Crippen molar-refractivity contribution >= 4 is 28.9 Å². The molecular weight excluding hydrogens is 224 g/mol. The summed E-state index contributed by atoms with van der Waals surface area (Å²) in [6, 6.07) is 3.94. The largest absolute Gasteiger partial charge is 0.388 e. The number of hydrogen-bond donors (Lipinski definition) is 3. The molecule has 0 amide bonds. The summed E-state index contributed by atoms with van der Waals surface area (Å²) in [5, 5.41) is 10.1. The molecule has 0 atom stereocenters. The van der Waals surface area contributed by atoms with Crippen molar-refractivity contribution in [2.45, 2.75) is 6.92 Å². The van der Waals surface area contributed by atoms with E-state index in [9.17, 15) is 0 Å². The van der Waals surface area contributed by atoms with Crippen molar-refractivity contribution in [1.82, 2.24) is 5.32 Å². The van der Waals surface area contributed by atoms with Crippen molar-refractivity contribution in [3.63, 3.8) is 0 Å². The summed E-state index contributed by atoms with van der Waals surface area (Å²) in [7, 11) is 1.88. The topological polar surface area (TPSA) is 48.5 Å². The van der Waals surface area contributed by atoms with E-state index in [1.807, 2.05) is 26.1 Å². The molecule has 1 aliphatic rings. The van der Waals surface area contributed by atoms with E-state index in [0.29, 0.717) is 5.02 Å². The SMILES string of the molecule is CNc1cc(C)c(NC2=NCCN2)c(Cl)c1. The van der Waals surface area contributed by atoms with Crippen LogP contribution in [0.2, 0.25) is 5.02 Å². The molecule has 1 aromatic carbocycles. The van der Waals surface area contributed by atoms with Crippen LogP contribution in [-0.2, 0) is 0 Å². The lowest BCUT2D eigenvalue weighted by Crippen LogP contribution is -2.26. The summed E-state index contributed by atoms with van der Waals surface area (Å²) in [5.74, 6) is 0.794. The fourth-order valence-electron chi connectivity index (χ4n) is 1.65. The third-order valence-corrected chi connectivity index (χ3v) is 2.79. The Bertz CT molecular complexity index is 405. The fraction of sp³-hybridized carbons (Fsp3) is 0.364. The summed E-state index contributed by atoms with van der Waals surface area (Å²) in [6.07, 6.45) is 0. The quantitative estimate of drug-likeness (QED) is 0.739. The number of hydrogen-bond acceptors (Lipinski definition) is 4. The van der Waals surface area contributed by atoms with Gasteiger partial charge in [0.1, 0.15) is 0 Å². The van der Waals surface area contributed by atoms with E-state index in [0.717, 1.165) is 36.0 Å². The van der Waals surface area contributed by atoms with Gasteiger partial charge in [-0.2, -0.15) is 0 Å². The van der Waals surface area contributed by atoms with Gasteiger partial charge in [0.25, 0.3) is 0 Å². The van der Waals surface area contributed by atoms with Crippen molar-refractivity contribution in [3.8, 4) is 0 Å². The number of nitrogens with zero attached hydrogens (tertiary/aromatic N) is 1. The maximum absolute atomic E-state index is 6.21. The molecule has 86 valence electrons. The molecule has 2 rings (SSSR count). The van der Waals surface area contributed by atoms with Gasteiger partial charge in [-0.15, -0.1) is 0 Å². The molecule has 5 heteroatoms. The second kappa shape index (κ2) is 4.61. The van der Waals surface area contributed by atoms with Crippen molar-refractivity contribution < 1.29 is 0 Å². The second-order valence-corrected chi connectivity index (χ2v) is 4.09. The maximum Gasteiger partial charge on any atom is 0.195 e. The van der Waals surface area contributed by atoms with E-state index in [-0.39, 0.29) is 0 Å². The van der Waals surface area contributed by atoms with Gasteiger partial charge < -0.3 is 16.0 Å². The molecule has 0 spiro atoms. The average Bonchev–Trinajstić information content (AvgIpc) is 2.75. The van der Waals surface area contributed by atoms with Crippen LogP contribution >= 0.6 is 11.6 Å². The highest BCUT2D eigenvalue weighted by molar-refractivity contribution is 6.34. The predicted molar refractivity (Wildman–Crippen MR) is 69.7 cm³/mol. The van der Waals surface area contributed by atoms with Crippen LogP contribution in [0.1, 0.15) is 5.56 Å². The molecule has 0 radical (unpaired) electrons. The van der Waals surface area contributed by atoms with Crippen LogP contribution in [0.4, 0.5) is 11.4 Å². The molecule has 0 aromatic heterocycles. The van der Waals surface area contributed by atoms with Crippen molar-refractivity contribution in [3.05, 3.63) is 22.7 Å². The zero-order chi connectivity index (χ0) is 11.5. The number of aryl methyl sites for hydroxylation is 1. The first-order valence-corrected chi connectivity index (χ1v) is 5.62. The maximum atomic E-state index is 6.21. The van der Waals surface area contributed by atoms with Crippen molar-refractivity contribution in [2.24, 2.45) is 4.99 Å². The van der Waals surface area contributed by atoms with E-state index < -0.39 is 0 Å². The summed E-state index contributed by atoms with van der Waals surface area (Å²) in [6.45, 7) is 3.71. The van der Waals surface area contributed by atoms with Gasteiger partial charge in [0.15, 0.2) is 5.96 Å². The molecular formula is C11H15ClN4. The van der Waals surface area contributed by atoms with E-state index in [1.165, 1.54) is 0 Å². The van der Waals surface area contributed by atoms with Crippen molar-refractivity contribution in [1.29, 1.82) is 0 Å². The molecule has 0 fully saturated rings. The van der Waals surface area contributed by atoms with Gasteiger partial charge in [-0.05, 0) is 24.6 Å². The fourth-order valence-corrected chi connectivity index (χ4v) is 1.96.